The van der Waals surface area contributed by atoms with Crippen molar-refractivity contribution in [3.8, 4) is 0 Å². The smallest absolute Gasteiger partial charge is 0.255 e. The summed E-state index contributed by atoms with van der Waals surface area (Å²) in [6.07, 6.45) is 5.06. The second kappa shape index (κ2) is 8.31. The van der Waals surface area contributed by atoms with Crippen molar-refractivity contribution in [1.82, 2.24) is 10.3 Å². The fourth-order valence-corrected chi connectivity index (χ4v) is 4.25. The molecule has 1 aromatic heterocycles. The van der Waals surface area contributed by atoms with E-state index in [0.717, 1.165) is 25.9 Å². The topological polar surface area (TPSA) is 79.4 Å². The second-order valence-electron chi connectivity index (χ2n) is 6.31. The average molecular weight is 373 g/mol. The minimum atomic E-state index is -3.41. The molecule has 1 aliphatic heterocycles. The van der Waals surface area contributed by atoms with Gasteiger partial charge in [0, 0.05) is 25.8 Å². The Bertz CT molecular complexity index is 847. The predicted molar refractivity (Wildman–Crippen MR) is 101 cm³/mol. The molecule has 1 aliphatic rings. The summed E-state index contributed by atoms with van der Waals surface area (Å²) in [7, 11) is -3.41. The number of piperidine rings is 1. The van der Waals surface area contributed by atoms with Gasteiger partial charge in [-0.25, -0.2) is 13.4 Å². The van der Waals surface area contributed by atoms with Gasteiger partial charge in [-0.15, -0.1) is 0 Å². The molecule has 1 amide bonds. The fourth-order valence-electron chi connectivity index (χ4n) is 3.07. The summed E-state index contributed by atoms with van der Waals surface area (Å²) < 4.78 is 24.6. The molecule has 138 valence electrons. The fraction of sp³-hybridized carbons (Fsp3) is 0.368. The third-order valence-corrected chi connectivity index (χ3v) is 6.18. The van der Waals surface area contributed by atoms with Crippen molar-refractivity contribution in [3.05, 3.63) is 54.2 Å². The summed E-state index contributed by atoms with van der Waals surface area (Å²) >= 11 is 0. The molecule has 6 nitrogen and oxygen atoms in total. The lowest BCUT2D eigenvalue weighted by Crippen LogP contribution is -2.34. The molecule has 2 aromatic rings. The highest BCUT2D eigenvalue weighted by molar-refractivity contribution is 7.91. The molecule has 1 N–H and O–H groups in total. The summed E-state index contributed by atoms with van der Waals surface area (Å²) in [5.41, 5.74) is 0.492. The van der Waals surface area contributed by atoms with Crippen LogP contribution in [0.15, 0.2) is 53.6 Å². The molecule has 0 aliphatic carbocycles. The summed E-state index contributed by atoms with van der Waals surface area (Å²) in [4.78, 5) is 19.3. The highest BCUT2D eigenvalue weighted by atomic mass is 32.2. The van der Waals surface area contributed by atoms with Crippen molar-refractivity contribution in [2.24, 2.45) is 0 Å². The van der Waals surface area contributed by atoms with Gasteiger partial charge in [-0.1, -0.05) is 18.2 Å². The minimum Gasteiger partial charge on any atom is -0.356 e. The number of nitrogens with one attached hydrogen (secondary N) is 1. The van der Waals surface area contributed by atoms with E-state index in [1.807, 2.05) is 0 Å². The first-order valence-corrected chi connectivity index (χ1v) is 10.5. The first-order valence-electron chi connectivity index (χ1n) is 8.84. The molecule has 0 unspecified atom stereocenters. The lowest BCUT2D eigenvalue weighted by atomic mass is 10.1. The van der Waals surface area contributed by atoms with Crippen LogP contribution < -0.4 is 10.2 Å². The summed E-state index contributed by atoms with van der Waals surface area (Å²) in [6, 6.07) is 11.7. The zero-order valence-electron chi connectivity index (χ0n) is 14.6. The summed E-state index contributed by atoms with van der Waals surface area (Å²) in [5.74, 6) is 0.250. The molecular weight excluding hydrogens is 350 g/mol. The van der Waals surface area contributed by atoms with Gasteiger partial charge in [0.05, 0.1) is 16.2 Å². The first-order chi connectivity index (χ1) is 12.6. The number of benzene rings is 1. The van der Waals surface area contributed by atoms with E-state index in [4.69, 9.17) is 0 Å². The third kappa shape index (κ3) is 4.40. The van der Waals surface area contributed by atoms with E-state index in [0.29, 0.717) is 11.4 Å². The number of nitrogens with zero attached hydrogens (tertiary/aromatic N) is 2. The maximum Gasteiger partial charge on any atom is 0.255 e. The molecular formula is C19H23N3O3S. The number of hydrogen-bond acceptors (Lipinski definition) is 5. The van der Waals surface area contributed by atoms with Crippen molar-refractivity contribution >= 4 is 21.6 Å². The van der Waals surface area contributed by atoms with Gasteiger partial charge in [-0.2, -0.15) is 0 Å². The number of carbonyl (C=O) groups is 1. The van der Waals surface area contributed by atoms with Crippen LogP contribution in [-0.4, -0.2) is 44.7 Å². The number of anilines is 1. The van der Waals surface area contributed by atoms with Crippen molar-refractivity contribution < 1.29 is 13.2 Å². The molecule has 3 rings (SSSR count). The SMILES string of the molecule is O=C(NCCS(=O)(=O)c1ccccc1)c1cccnc1N1CCCCC1. The van der Waals surface area contributed by atoms with Crippen LogP contribution in [0.3, 0.4) is 0 Å². The number of carbonyl (C=O) groups excluding carboxylic acids is 1. The molecule has 0 saturated carbocycles. The number of aromatic nitrogens is 1. The van der Waals surface area contributed by atoms with Crippen LogP contribution in [0.5, 0.6) is 0 Å². The van der Waals surface area contributed by atoms with Crippen LogP contribution >= 0.6 is 0 Å². The van der Waals surface area contributed by atoms with Gasteiger partial charge in [0.2, 0.25) is 0 Å². The molecule has 1 fully saturated rings. The molecule has 1 aromatic carbocycles. The van der Waals surface area contributed by atoms with Gasteiger partial charge in [-0.3, -0.25) is 4.79 Å². The summed E-state index contributed by atoms with van der Waals surface area (Å²) in [5, 5.41) is 2.72. The number of sulfone groups is 1. The normalized spacial score (nSPS) is 14.8. The zero-order chi connectivity index (χ0) is 18.4. The Kier molecular flexibility index (Phi) is 5.88. The molecule has 2 heterocycles. The number of amides is 1. The largest absolute Gasteiger partial charge is 0.356 e. The average Bonchev–Trinajstić information content (AvgIpc) is 2.69. The van der Waals surface area contributed by atoms with Crippen molar-refractivity contribution in [2.75, 3.05) is 30.3 Å². The van der Waals surface area contributed by atoms with Crippen LogP contribution in [0.25, 0.3) is 0 Å². The van der Waals surface area contributed by atoms with E-state index in [2.05, 4.69) is 15.2 Å². The van der Waals surface area contributed by atoms with Crippen LogP contribution in [-0.2, 0) is 9.84 Å². The van der Waals surface area contributed by atoms with E-state index in [1.165, 1.54) is 6.42 Å². The van der Waals surface area contributed by atoms with E-state index < -0.39 is 9.84 Å². The van der Waals surface area contributed by atoms with Crippen molar-refractivity contribution in [2.45, 2.75) is 24.2 Å². The van der Waals surface area contributed by atoms with Gasteiger partial charge in [0.1, 0.15) is 5.82 Å². The minimum absolute atomic E-state index is 0.0599. The summed E-state index contributed by atoms with van der Waals surface area (Å²) in [6.45, 7) is 1.84. The Morgan fingerprint density at radius 3 is 2.50 bits per heavy atom. The molecule has 26 heavy (non-hydrogen) atoms. The van der Waals surface area contributed by atoms with Crippen LogP contribution in [0.1, 0.15) is 29.6 Å². The molecule has 0 spiro atoms. The molecule has 0 atom stereocenters. The van der Waals surface area contributed by atoms with Crippen LogP contribution in [0, 0.1) is 0 Å². The third-order valence-electron chi connectivity index (χ3n) is 4.45. The molecule has 1 saturated heterocycles. The quantitative estimate of drug-likeness (QED) is 0.840. The Balaban J connectivity index is 1.64. The monoisotopic (exact) mass is 373 g/mol. The second-order valence-corrected chi connectivity index (χ2v) is 8.42. The molecule has 0 radical (unpaired) electrons. The highest BCUT2D eigenvalue weighted by Gasteiger charge is 2.20. The lowest BCUT2D eigenvalue weighted by molar-refractivity contribution is 0.0956. The Hall–Kier alpha value is -2.41. The number of pyridine rings is 1. The van der Waals surface area contributed by atoms with Crippen LogP contribution in [0.4, 0.5) is 5.82 Å². The van der Waals surface area contributed by atoms with E-state index in [-0.39, 0.29) is 23.1 Å². The maximum absolute atomic E-state index is 12.6. The van der Waals surface area contributed by atoms with E-state index in [1.54, 1.807) is 48.7 Å². The lowest BCUT2D eigenvalue weighted by Gasteiger charge is -2.29. The Morgan fingerprint density at radius 2 is 1.77 bits per heavy atom. The first kappa shape index (κ1) is 18.4. The van der Waals surface area contributed by atoms with Crippen LogP contribution in [0.2, 0.25) is 0 Å². The van der Waals surface area contributed by atoms with Gasteiger partial charge < -0.3 is 10.2 Å². The van der Waals surface area contributed by atoms with Gasteiger partial charge in [0.25, 0.3) is 5.91 Å². The molecule has 0 bridgehead atoms. The highest BCUT2D eigenvalue weighted by Crippen LogP contribution is 2.21. The van der Waals surface area contributed by atoms with Crippen molar-refractivity contribution in [1.29, 1.82) is 0 Å². The Labute approximate surface area is 154 Å². The molecule has 7 heteroatoms. The van der Waals surface area contributed by atoms with Gasteiger partial charge >= 0.3 is 0 Å². The van der Waals surface area contributed by atoms with E-state index >= 15 is 0 Å². The van der Waals surface area contributed by atoms with Crippen molar-refractivity contribution in [3.63, 3.8) is 0 Å². The zero-order valence-corrected chi connectivity index (χ0v) is 15.4. The Morgan fingerprint density at radius 1 is 1.04 bits per heavy atom. The number of rotatable bonds is 6. The number of hydrogen-bond donors (Lipinski definition) is 1. The predicted octanol–water partition coefficient (Wildman–Crippen LogP) is 2.28. The van der Waals surface area contributed by atoms with Gasteiger partial charge in [-0.05, 0) is 43.5 Å². The van der Waals surface area contributed by atoms with E-state index in [9.17, 15) is 13.2 Å². The maximum atomic E-state index is 12.6. The standard InChI is InChI=1S/C19H23N3O3S/c23-19(21-12-15-26(24,25)16-8-3-1-4-9-16)17-10-7-11-20-18(17)22-13-5-2-6-14-22/h1,3-4,7-11H,2,5-6,12-15H2,(H,21,23). The van der Waals surface area contributed by atoms with Gasteiger partial charge in [0.15, 0.2) is 9.84 Å².